The van der Waals surface area contributed by atoms with Gasteiger partial charge in [-0.2, -0.15) is 0 Å². The number of hydrogen-bond acceptors (Lipinski definition) is 2. The number of guanidine groups is 1. The third-order valence-corrected chi connectivity index (χ3v) is 3.44. The number of allylic oxidation sites excluding steroid dienone is 1. The molecule has 130 valence electrons. The molecule has 0 heterocycles. The summed E-state index contributed by atoms with van der Waals surface area (Å²) in [6, 6.07) is 7.93. The van der Waals surface area contributed by atoms with Gasteiger partial charge in [0.2, 0.25) is 0 Å². The second-order valence-corrected chi connectivity index (χ2v) is 5.48. The lowest BCUT2D eigenvalue weighted by Crippen LogP contribution is -2.39. The molecule has 0 fully saturated rings. The zero-order valence-electron chi connectivity index (χ0n) is 14.5. The molecule has 0 amide bonds. The summed E-state index contributed by atoms with van der Waals surface area (Å²) in [5.41, 5.74) is 2.06. The maximum absolute atomic E-state index is 10.3. The average molecular weight is 431 g/mol. The van der Waals surface area contributed by atoms with E-state index in [0.717, 1.165) is 43.0 Å². The van der Waals surface area contributed by atoms with Gasteiger partial charge in [0.25, 0.3) is 0 Å². The molecule has 23 heavy (non-hydrogen) atoms. The second kappa shape index (κ2) is 12.4. The standard InChI is InChI=1S/C18H29N3O.HI/c1-5-7-8-12-21(4)18(19-6-2)20-14-17(22)16-11-9-10-15(3)13-16;/h5,9-11,13,17,22H,1,6-8,12,14H2,2-4H3,(H,19,20);1H. The topological polar surface area (TPSA) is 47.9 Å². The minimum absolute atomic E-state index is 0. The molecule has 0 aromatic heterocycles. The molecule has 1 atom stereocenters. The van der Waals surface area contributed by atoms with Crippen LogP contribution in [-0.2, 0) is 0 Å². The van der Waals surface area contributed by atoms with Gasteiger partial charge in [0.05, 0.1) is 12.6 Å². The van der Waals surface area contributed by atoms with Crippen molar-refractivity contribution >= 4 is 29.9 Å². The lowest BCUT2D eigenvalue weighted by molar-refractivity contribution is 0.186. The Labute approximate surface area is 157 Å². The summed E-state index contributed by atoms with van der Waals surface area (Å²) in [6.07, 6.45) is 3.40. The fourth-order valence-electron chi connectivity index (χ4n) is 2.20. The average Bonchev–Trinajstić information content (AvgIpc) is 2.51. The van der Waals surface area contributed by atoms with Crippen LogP contribution in [0.15, 0.2) is 41.9 Å². The van der Waals surface area contributed by atoms with E-state index in [1.807, 2.05) is 51.2 Å². The normalized spacial score (nSPS) is 12.3. The number of aryl methyl sites for hydroxylation is 1. The Balaban J connectivity index is 0.00000484. The van der Waals surface area contributed by atoms with E-state index in [0.29, 0.717) is 6.54 Å². The number of hydrogen-bond donors (Lipinski definition) is 2. The van der Waals surface area contributed by atoms with Crippen molar-refractivity contribution in [1.82, 2.24) is 10.2 Å². The van der Waals surface area contributed by atoms with Gasteiger partial charge in [0.15, 0.2) is 5.96 Å². The fourth-order valence-corrected chi connectivity index (χ4v) is 2.20. The van der Waals surface area contributed by atoms with Crippen molar-refractivity contribution in [2.75, 3.05) is 26.7 Å². The van der Waals surface area contributed by atoms with Gasteiger partial charge in [-0.15, -0.1) is 30.6 Å². The van der Waals surface area contributed by atoms with Gasteiger partial charge in [-0.05, 0) is 32.3 Å². The third-order valence-electron chi connectivity index (χ3n) is 3.44. The van der Waals surface area contributed by atoms with Crippen LogP contribution >= 0.6 is 24.0 Å². The quantitative estimate of drug-likeness (QED) is 0.218. The van der Waals surface area contributed by atoms with Crippen molar-refractivity contribution in [3.8, 4) is 0 Å². The van der Waals surface area contributed by atoms with Gasteiger partial charge in [-0.1, -0.05) is 35.9 Å². The van der Waals surface area contributed by atoms with Gasteiger partial charge in [-0.25, -0.2) is 0 Å². The summed E-state index contributed by atoms with van der Waals surface area (Å²) in [4.78, 5) is 6.65. The summed E-state index contributed by atoms with van der Waals surface area (Å²) in [5, 5.41) is 13.6. The Morgan fingerprint density at radius 2 is 2.22 bits per heavy atom. The predicted octanol–water partition coefficient (Wildman–Crippen LogP) is 3.51. The van der Waals surface area contributed by atoms with Gasteiger partial charge >= 0.3 is 0 Å². The van der Waals surface area contributed by atoms with Crippen LogP contribution in [0.2, 0.25) is 0 Å². The molecule has 0 bridgehead atoms. The van der Waals surface area contributed by atoms with E-state index < -0.39 is 6.10 Å². The number of rotatable bonds is 8. The molecule has 1 aromatic rings. The maximum Gasteiger partial charge on any atom is 0.193 e. The van der Waals surface area contributed by atoms with E-state index in [1.165, 1.54) is 0 Å². The van der Waals surface area contributed by atoms with Crippen LogP contribution in [-0.4, -0.2) is 42.6 Å². The van der Waals surface area contributed by atoms with E-state index in [1.54, 1.807) is 0 Å². The van der Waals surface area contributed by atoms with Crippen LogP contribution in [0.4, 0.5) is 0 Å². The van der Waals surface area contributed by atoms with Gasteiger partial charge < -0.3 is 15.3 Å². The first-order valence-electron chi connectivity index (χ1n) is 7.93. The third kappa shape index (κ3) is 8.37. The van der Waals surface area contributed by atoms with E-state index >= 15 is 0 Å². The number of unbranched alkanes of at least 4 members (excludes halogenated alkanes) is 1. The zero-order chi connectivity index (χ0) is 16.4. The van der Waals surface area contributed by atoms with Crippen molar-refractivity contribution in [3.05, 3.63) is 48.0 Å². The van der Waals surface area contributed by atoms with Gasteiger partial charge in [0, 0.05) is 20.1 Å². The number of nitrogens with zero attached hydrogens (tertiary/aromatic N) is 2. The van der Waals surface area contributed by atoms with Crippen LogP contribution < -0.4 is 5.32 Å². The minimum atomic E-state index is -0.574. The first-order valence-corrected chi connectivity index (χ1v) is 7.93. The summed E-state index contributed by atoms with van der Waals surface area (Å²) < 4.78 is 0. The van der Waals surface area contributed by atoms with E-state index in [2.05, 4.69) is 21.8 Å². The molecular weight excluding hydrogens is 401 g/mol. The second-order valence-electron chi connectivity index (χ2n) is 5.48. The lowest BCUT2D eigenvalue weighted by Gasteiger charge is -2.22. The van der Waals surface area contributed by atoms with E-state index in [9.17, 15) is 5.11 Å². The largest absolute Gasteiger partial charge is 0.386 e. The van der Waals surface area contributed by atoms with Crippen molar-refractivity contribution in [1.29, 1.82) is 0 Å². The Hall–Kier alpha value is -1.08. The van der Waals surface area contributed by atoms with Crippen LogP contribution in [0.5, 0.6) is 0 Å². The molecule has 1 unspecified atom stereocenters. The first kappa shape index (κ1) is 21.9. The molecular formula is C18H30IN3O. The maximum atomic E-state index is 10.3. The smallest absolute Gasteiger partial charge is 0.193 e. The monoisotopic (exact) mass is 431 g/mol. The highest BCUT2D eigenvalue weighted by atomic mass is 127. The van der Waals surface area contributed by atoms with Crippen molar-refractivity contribution in [3.63, 3.8) is 0 Å². The first-order chi connectivity index (χ1) is 10.6. The summed E-state index contributed by atoms with van der Waals surface area (Å²) >= 11 is 0. The number of aliphatic hydroxyl groups excluding tert-OH is 1. The molecule has 0 aliphatic rings. The Bertz CT molecular complexity index is 491. The van der Waals surface area contributed by atoms with Crippen molar-refractivity contribution in [2.45, 2.75) is 32.8 Å². The molecule has 0 aliphatic heterocycles. The van der Waals surface area contributed by atoms with Crippen LogP contribution in [0, 0.1) is 6.92 Å². The number of aliphatic hydroxyl groups is 1. The van der Waals surface area contributed by atoms with E-state index in [4.69, 9.17) is 0 Å². The lowest BCUT2D eigenvalue weighted by atomic mass is 10.1. The summed E-state index contributed by atoms with van der Waals surface area (Å²) in [6.45, 7) is 9.90. The molecule has 4 nitrogen and oxygen atoms in total. The molecule has 0 saturated heterocycles. The highest BCUT2D eigenvalue weighted by molar-refractivity contribution is 14.0. The number of nitrogens with one attached hydrogen (secondary N) is 1. The van der Waals surface area contributed by atoms with E-state index in [-0.39, 0.29) is 24.0 Å². The highest BCUT2D eigenvalue weighted by Crippen LogP contribution is 2.14. The van der Waals surface area contributed by atoms with Crippen molar-refractivity contribution < 1.29 is 5.11 Å². The Morgan fingerprint density at radius 3 is 2.83 bits per heavy atom. The fraction of sp³-hybridized carbons (Fsp3) is 0.500. The molecule has 0 aliphatic carbocycles. The minimum Gasteiger partial charge on any atom is -0.386 e. The molecule has 5 heteroatoms. The molecule has 0 radical (unpaired) electrons. The molecule has 0 saturated carbocycles. The van der Waals surface area contributed by atoms with Gasteiger partial charge in [0.1, 0.15) is 0 Å². The highest BCUT2D eigenvalue weighted by Gasteiger charge is 2.09. The predicted molar refractivity (Wildman–Crippen MR) is 110 cm³/mol. The van der Waals surface area contributed by atoms with Crippen molar-refractivity contribution in [2.24, 2.45) is 4.99 Å². The SMILES string of the molecule is C=CCCCN(C)C(=NCC(O)c1cccc(C)c1)NCC.I. The number of aliphatic imine (C=N–C) groups is 1. The van der Waals surface area contributed by atoms with Gasteiger partial charge in [-0.3, -0.25) is 4.99 Å². The summed E-state index contributed by atoms with van der Waals surface area (Å²) in [5.74, 6) is 0.832. The Kier molecular flexibility index (Phi) is 11.8. The summed E-state index contributed by atoms with van der Waals surface area (Å²) in [7, 11) is 2.02. The molecule has 0 spiro atoms. The molecule has 1 rings (SSSR count). The molecule has 1 aromatic carbocycles. The van der Waals surface area contributed by atoms with Crippen LogP contribution in [0.3, 0.4) is 0 Å². The Morgan fingerprint density at radius 1 is 1.48 bits per heavy atom. The van der Waals surface area contributed by atoms with Crippen LogP contribution in [0.25, 0.3) is 0 Å². The molecule has 2 N–H and O–H groups in total. The number of benzene rings is 1. The zero-order valence-corrected chi connectivity index (χ0v) is 16.8. The van der Waals surface area contributed by atoms with Crippen LogP contribution in [0.1, 0.15) is 37.0 Å². The number of halogens is 1.